The number of carbonyl (C=O) groups is 6. The molecule has 0 aliphatic carbocycles. The third-order valence-electron chi connectivity index (χ3n) is 4.70. The highest BCUT2D eigenvalue weighted by atomic mass is 32.2. The van der Waals surface area contributed by atoms with E-state index in [9.17, 15) is 33.9 Å². The molecule has 4 N–H and O–H groups in total. The molecule has 14 heteroatoms. The van der Waals surface area contributed by atoms with Crippen LogP contribution in [0.5, 0.6) is 0 Å². The van der Waals surface area contributed by atoms with Crippen LogP contribution in [0.2, 0.25) is 0 Å². The number of ketones is 1. The van der Waals surface area contributed by atoms with E-state index in [1.54, 1.807) is 0 Å². The fraction of sp³-hybridized carbons (Fsp3) is 0.739. The number of aliphatic hydroxyl groups excluding tert-OH is 1. The molecule has 37 heavy (non-hydrogen) atoms. The highest BCUT2D eigenvalue weighted by Gasteiger charge is 2.36. The van der Waals surface area contributed by atoms with Crippen molar-refractivity contribution in [2.45, 2.75) is 52.2 Å². The first-order chi connectivity index (χ1) is 16.9. The quantitative estimate of drug-likeness (QED) is 0.0822. The number of aliphatic carboxylic acids is 1. The summed E-state index contributed by atoms with van der Waals surface area (Å²) in [6.45, 7) is 4.31. The van der Waals surface area contributed by atoms with Gasteiger partial charge in [-0.15, -0.1) is 0 Å². The minimum atomic E-state index is -1.58. The number of nitrogens with one attached hydrogen (secondary N) is 2. The summed E-state index contributed by atoms with van der Waals surface area (Å²) in [4.78, 5) is 69.5. The number of amides is 2. The second-order valence-corrected chi connectivity index (χ2v) is 11.4. The summed E-state index contributed by atoms with van der Waals surface area (Å²) in [6.07, 6.45) is -4.23. The molecule has 2 atom stereocenters. The first-order valence-corrected chi connectivity index (χ1v) is 12.6. The average Bonchev–Trinajstić information content (AvgIpc) is 2.72. The number of carboxylic acids is 1. The number of likely N-dealkylation sites (N-methyl/N-ethyl adjacent to an activating group) is 1. The molecular formula is C23H40N3O10S+. The molecule has 0 bridgehead atoms. The lowest BCUT2D eigenvalue weighted by molar-refractivity contribution is -0.873. The molecule has 0 aliphatic rings. The second kappa shape index (κ2) is 16.2. The van der Waals surface area contributed by atoms with Gasteiger partial charge in [0.25, 0.3) is 0 Å². The van der Waals surface area contributed by atoms with Crippen molar-refractivity contribution in [3.8, 4) is 0 Å². The van der Waals surface area contributed by atoms with Gasteiger partial charge in [0.2, 0.25) is 11.8 Å². The van der Waals surface area contributed by atoms with Gasteiger partial charge in [0.15, 0.2) is 11.2 Å². The lowest BCUT2D eigenvalue weighted by Gasteiger charge is -2.30. The largest absolute Gasteiger partial charge is 0.508 e. The van der Waals surface area contributed by atoms with E-state index >= 15 is 0 Å². The Labute approximate surface area is 221 Å². The zero-order chi connectivity index (χ0) is 28.8. The Morgan fingerprint density at radius 3 is 2.19 bits per heavy atom. The van der Waals surface area contributed by atoms with Crippen LogP contribution < -0.4 is 10.6 Å². The Kier molecular flexibility index (Phi) is 15.0. The highest BCUT2D eigenvalue weighted by molar-refractivity contribution is 8.13. The minimum Gasteiger partial charge on any atom is -0.481 e. The van der Waals surface area contributed by atoms with Crippen LogP contribution in [0.4, 0.5) is 4.79 Å². The molecule has 0 radical (unpaired) electrons. The molecule has 0 saturated heterocycles. The molecule has 0 aliphatic heterocycles. The van der Waals surface area contributed by atoms with Crippen molar-refractivity contribution in [2.75, 3.05) is 53.1 Å². The van der Waals surface area contributed by atoms with E-state index in [0.717, 1.165) is 11.8 Å². The van der Waals surface area contributed by atoms with Crippen molar-refractivity contribution in [1.29, 1.82) is 0 Å². The molecule has 0 saturated carbocycles. The van der Waals surface area contributed by atoms with Gasteiger partial charge in [-0.25, -0.2) is 4.79 Å². The van der Waals surface area contributed by atoms with Gasteiger partial charge in [-0.3, -0.25) is 24.0 Å². The van der Waals surface area contributed by atoms with Crippen LogP contribution in [-0.2, 0) is 33.4 Å². The molecular weight excluding hydrogens is 510 g/mol. The van der Waals surface area contributed by atoms with E-state index in [2.05, 4.69) is 10.6 Å². The summed E-state index contributed by atoms with van der Waals surface area (Å²) < 4.78 is 10.5. The van der Waals surface area contributed by atoms with Gasteiger partial charge in [-0.05, 0) is 6.92 Å². The van der Waals surface area contributed by atoms with E-state index in [-0.39, 0.29) is 55.9 Å². The van der Waals surface area contributed by atoms with Gasteiger partial charge in [-0.2, -0.15) is 0 Å². The number of rotatable bonds is 17. The zero-order valence-corrected chi connectivity index (χ0v) is 23.1. The third kappa shape index (κ3) is 17.4. The maximum absolute atomic E-state index is 12.3. The molecule has 0 heterocycles. The van der Waals surface area contributed by atoms with Crippen LogP contribution in [-0.4, -0.2) is 115 Å². The molecule has 212 valence electrons. The predicted molar refractivity (Wildman–Crippen MR) is 135 cm³/mol. The number of quaternary nitrogens is 1. The lowest BCUT2D eigenvalue weighted by Crippen LogP contribution is -2.47. The van der Waals surface area contributed by atoms with Crippen molar-refractivity contribution >= 4 is 46.6 Å². The van der Waals surface area contributed by atoms with Crippen molar-refractivity contribution in [2.24, 2.45) is 5.41 Å². The number of aliphatic hydroxyl groups is 1. The van der Waals surface area contributed by atoms with Crippen LogP contribution in [0.25, 0.3) is 0 Å². The van der Waals surface area contributed by atoms with Crippen molar-refractivity contribution in [1.82, 2.24) is 10.6 Å². The summed E-state index contributed by atoms with van der Waals surface area (Å²) in [5.41, 5.74) is -1.21. The Hall–Kier alpha value is -2.71. The minimum absolute atomic E-state index is 0.0565. The maximum Gasteiger partial charge on any atom is 0.508 e. The molecule has 0 aromatic rings. The number of carbonyl (C=O) groups excluding carboxylic acids is 5. The molecule has 1 unspecified atom stereocenters. The molecule has 0 rings (SSSR count). The van der Waals surface area contributed by atoms with Crippen LogP contribution in [0.3, 0.4) is 0 Å². The van der Waals surface area contributed by atoms with Crippen LogP contribution >= 0.6 is 11.8 Å². The molecule has 0 aromatic carbocycles. The van der Waals surface area contributed by atoms with Crippen LogP contribution in [0, 0.1) is 5.41 Å². The fourth-order valence-corrected chi connectivity index (χ4v) is 3.63. The Morgan fingerprint density at radius 1 is 1.03 bits per heavy atom. The molecule has 0 spiro atoms. The summed E-state index contributed by atoms with van der Waals surface area (Å²) in [5, 5.41) is 24.1. The molecule has 13 nitrogen and oxygen atoms in total. The van der Waals surface area contributed by atoms with Gasteiger partial charge in [0, 0.05) is 30.7 Å². The summed E-state index contributed by atoms with van der Waals surface area (Å²) in [6, 6.07) is 0. The molecule has 0 fully saturated rings. The first kappa shape index (κ1) is 34.3. The summed E-state index contributed by atoms with van der Waals surface area (Å²) in [5.74, 6) is -2.19. The smallest absolute Gasteiger partial charge is 0.481 e. The van der Waals surface area contributed by atoms with E-state index in [1.165, 1.54) is 20.8 Å². The van der Waals surface area contributed by atoms with Gasteiger partial charge in [0.05, 0.1) is 34.0 Å². The van der Waals surface area contributed by atoms with Crippen molar-refractivity contribution < 1.29 is 52.9 Å². The van der Waals surface area contributed by atoms with E-state index in [4.69, 9.17) is 14.6 Å². The number of hydrogen-bond acceptors (Lipinski definition) is 10. The SMILES string of the molecule is CC(=O)CC(=O)SCCNC(=O)CCNC(=O)[C@H](O)C(C)(C)COC(=O)OC(CC(=O)O)C[N+](C)(C)C. The number of carboxylic acid groups (broad SMARTS) is 1. The van der Waals surface area contributed by atoms with Gasteiger partial charge in [0.1, 0.15) is 25.0 Å². The Bertz CT molecular complexity index is 826. The number of hydrogen-bond donors (Lipinski definition) is 4. The number of ether oxygens (including phenoxy) is 2. The monoisotopic (exact) mass is 550 g/mol. The maximum atomic E-state index is 12.3. The topological polar surface area (TPSA) is 185 Å². The molecule has 0 aromatic heterocycles. The van der Waals surface area contributed by atoms with Gasteiger partial charge >= 0.3 is 12.1 Å². The normalized spacial score (nSPS) is 13.2. The Morgan fingerprint density at radius 2 is 1.65 bits per heavy atom. The van der Waals surface area contributed by atoms with Crippen LogP contribution in [0.15, 0.2) is 0 Å². The number of thioether (sulfide) groups is 1. The molecule has 2 amide bonds. The van der Waals surface area contributed by atoms with E-state index in [1.807, 2.05) is 21.1 Å². The third-order valence-corrected chi connectivity index (χ3v) is 5.57. The number of Topliss-reactive ketones (excluding diaryl/α,β-unsaturated/α-hetero) is 1. The van der Waals surface area contributed by atoms with Crippen molar-refractivity contribution in [3.63, 3.8) is 0 Å². The van der Waals surface area contributed by atoms with Crippen LogP contribution in [0.1, 0.15) is 40.0 Å². The lowest BCUT2D eigenvalue weighted by atomic mass is 9.87. The Balaban J connectivity index is 4.45. The number of nitrogens with zero attached hydrogens (tertiary/aromatic N) is 1. The van der Waals surface area contributed by atoms with Gasteiger partial charge < -0.3 is 34.8 Å². The second-order valence-electron chi connectivity index (χ2n) is 10.2. The standard InChI is InChI=1S/C23H39N3O10S/c1-15(27)11-19(31)37-10-9-24-17(28)7-8-25-21(33)20(32)23(2,3)14-35-22(34)36-16(12-18(29)30)13-26(4,5)6/h16,20,32H,7-14H2,1-6H3,(H2-,24,25,28,29,30,33)/p+1/t16?,20-/m0/s1. The average molecular weight is 551 g/mol. The summed E-state index contributed by atoms with van der Waals surface area (Å²) >= 11 is 0.948. The predicted octanol–water partition coefficient (Wildman–Crippen LogP) is -0.0624. The van der Waals surface area contributed by atoms with Crippen molar-refractivity contribution in [3.05, 3.63) is 0 Å². The fourth-order valence-electron chi connectivity index (χ4n) is 2.89. The first-order valence-electron chi connectivity index (χ1n) is 11.7. The highest BCUT2D eigenvalue weighted by Crippen LogP contribution is 2.22. The van der Waals surface area contributed by atoms with Gasteiger partial charge in [-0.1, -0.05) is 25.6 Å². The zero-order valence-electron chi connectivity index (χ0n) is 22.3. The van der Waals surface area contributed by atoms with E-state index < -0.39 is 42.1 Å². The summed E-state index contributed by atoms with van der Waals surface area (Å²) in [7, 11) is 5.43. The van der Waals surface area contributed by atoms with E-state index in [0.29, 0.717) is 10.2 Å².